The summed E-state index contributed by atoms with van der Waals surface area (Å²) in [6, 6.07) is 5.68. The molecule has 0 saturated carbocycles. The molecular formula is C13H21NO3. The van der Waals surface area contributed by atoms with Crippen LogP contribution in [0.25, 0.3) is 0 Å². The molecule has 1 unspecified atom stereocenters. The molecule has 1 atom stereocenters. The van der Waals surface area contributed by atoms with Crippen LogP contribution in [0.2, 0.25) is 0 Å². The molecule has 4 nitrogen and oxygen atoms in total. The molecule has 2 N–H and O–H groups in total. The van der Waals surface area contributed by atoms with Crippen molar-refractivity contribution in [2.75, 3.05) is 32.2 Å². The fourth-order valence-electron chi connectivity index (χ4n) is 1.89. The zero-order valence-corrected chi connectivity index (χ0v) is 10.7. The standard InChI is InChI=1S/C13H21NO3/c1-10(16)13-11(14(2)8-5-9-15)6-4-7-12(13)17-3/h4,6-7,10,15-16H,5,8-9H2,1-3H3. The highest BCUT2D eigenvalue weighted by molar-refractivity contribution is 5.60. The molecule has 0 amide bonds. The Hall–Kier alpha value is -1.26. The van der Waals surface area contributed by atoms with Crippen molar-refractivity contribution >= 4 is 5.69 Å². The van der Waals surface area contributed by atoms with Crippen LogP contribution in [0, 0.1) is 0 Å². The number of aliphatic hydroxyl groups excluding tert-OH is 2. The molecule has 1 aromatic rings. The maximum Gasteiger partial charge on any atom is 0.126 e. The number of hydrogen-bond acceptors (Lipinski definition) is 4. The van der Waals surface area contributed by atoms with Crippen LogP contribution in [0.3, 0.4) is 0 Å². The zero-order valence-electron chi connectivity index (χ0n) is 10.7. The van der Waals surface area contributed by atoms with E-state index < -0.39 is 6.10 Å². The quantitative estimate of drug-likeness (QED) is 0.791. The first-order valence-corrected chi connectivity index (χ1v) is 5.78. The highest BCUT2D eigenvalue weighted by Gasteiger charge is 2.16. The average molecular weight is 239 g/mol. The molecule has 4 heteroatoms. The lowest BCUT2D eigenvalue weighted by Crippen LogP contribution is -2.21. The Labute approximate surface area is 102 Å². The first kappa shape index (κ1) is 13.8. The van der Waals surface area contributed by atoms with E-state index in [0.29, 0.717) is 12.2 Å². The molecule has 0 bridgehead atoms. The van der Waals surface area contributed by atoms with E-state index in [9.17, 15) is 5.11 Å². The van der Waals surface area contributed by atoms with Crippen molar-refractivity contribution in [3.63, 3.8) is 0 Å². The summed E-state index contributed by atoms with van der Waals surface area (Å²) in [6.07, 6.45) is 0.116. The Morgan fingerprint density at radius 1 is 1.41 bits per heavy atom. The third-order valence-electron chi connectivity index (χ3n) is 2.74. The van der Waals surface area contributed by atoms with Gasteiger partial charge in [-0.15, -0.1) is 0 Å². The van der Waals surface area contributed by atoms with Gasteiger partial charge in [-0.2, -0.15) is 0 Å². The van der Waals surface area contributed by atoms with Gasteiger partial charge < -0.3 is 19.8 Å². The topological polar surface area (TPSA) is 52.9 Å². The highest BCUT2D eigenvalue weighted by Crippen LogP contribution is 2.33. The number of hydrogen-bond donors (Lipinski definition) is 2. The second kappa shape index (κ2) is 6.47. The largest absolute Gasteiger partial charge is 0.496 e. The van der Waals surface area contributed by atoms with Crippen LogP contribution in [0.15, 0.2) is 18.2 Å². The van der Waals surface area contributed by atoms with Gasteiger partial charge in [-0.1, -0.05) is 6.07 Å². The molecule has 17 heavy (non-hydrogen) atoms. The molecule has 0 aromatic heterocycles. The van der Waals surface area contributed by atoms with E-state index in [1.165, 1.54) is 0 Å². The first-order valence-electron chi connectivity index (χ1n) is 5.78. The maximum atomic E-state index is 9.83. The van der Waals surface area contributed by atoms with E-state index in [1.54, 1.807) is 14.0 Å². The Balaban J connectivity index is 3.05. The van der Waals surface area contributed by atoms with Crippen molar-refractivity contribution in [1.29, 1.82) is 0 Å². The van der Waals surface area contributed by atoms with Crippen molar-refractivity contribution in [3.05, 3.63) is 23.8 Å². The number of ether oxygens (including phenoxy) is 1. The highest BCUT2D eigenvalue weighted by atomic mass is 16.5. The summed E-state index contributed by atoms with van der Waals surface area (Å²) in [4.78, 5) is 2.01. The number of rotatable bonds is 6. The van der Waals surface area contributed by atoms with E-state index >= 15 is 0 Å². The summed E-state index contributed by atoms with van der Waals surface area (Å²) < 4.78 is 5.27. The average Bonchev–Trinajstić information content (AvgIpc) is 2.34. The van der Waals surface area contributed by atoms with Gasteiger partial charge in [0.1, 0.15) is 5.75 Å². The van der Waals surface area contributed by atoms with Crippen LogP contribution in [-0.4, -0.2) is 37.5 Å². The van der Waals surface area contributed by atoms with Crippen LogP contribution in [0.4, 0.5) is 5.69 Å². The first-order chi connectivity index (χ1) is 8.11. The maximum absolute atomic E-state index is 9.83. The van der Waals surface area contributed by atoms with Gasteiger partial charge in [0.05, 0.1) is 13.2 Å². The van der Waals surface area contributed by atoms with E-state index in [-0.39, 0.29) is 6.61 Å². The molecular weight excluding hydrogens is 218 g/mol. The number of anilines is 1. The second-order valence-corrected chi connectivity index (χ2v) is 4.07. The van der Waals surface area contributed by atoms with Crippen LogP contribution in [0.5, 0.6) is 5.75 Å². The van der Waals surface area contributed by atoms with Gasteiger partial charge in [0, 0.05) is 31.5 Å². The van der Waals surface area contributed by atoms with Crippen molar-refractivity contribution < 1.29 is 14.9 Å². The zero-order chi connectivity index (χ0) is 12.8. The molecule has 0 aliphatic rings. The van der Waals surface area contributed by atoms with Crippen molar-refractivity contribution in [3.8, 4) is 5.75 Å². The van der Waals surface area contributed by atoms with Gasteiger partial charge in [0.2, 0.25) is 0 Å². The molecule has 0 fully saturated rings. The lowest BCUT2D eigenvalue weighted by Gasteiger charge is -2.24. The second-order valence-electron chi connectivity index (χ2n) is 4.07. The van der Waals surface area contributed by atoms with Gasteiger partial charge in [-0.3, -0.25) is 0 Å². The number of methoxy groups -OCH3 is 1. The predicted molar refractivity (Wildman–Crippen MR) is 68.6 cm³/mol. The predicted octanol–water partition coefficient (Wildman–Crippen LogP) is 1.57. The third kappa shape index (κ3) is 3.35. The Morgan fingerprint density at radius 2 is 2.12 bits per heavy atom. The molecule has 0 saturated heterocycles. The van der Waals surface area contributed by atoms with Gasteiger partial charge >= 0.3 is 0 Å². The molecule has 1 rings (SSSR count). The van der Waals surface area contributed by atoms with Gasteiger partial charge in [0.25, 0.3) is 0 Å². The van der Waals surface area contributed by atoms with E-state index in [0.717, 1.165) is 17.8 Å². The van der Waals surface area contributed by atoms with E-state index in [4.69, 9.17) is 9.84 Å². The fraction of sp³-hybridized carbons (Fsp3) is 0.538. The van der Waals surface area contributed by atoms with Crippen LogP contribution in [0.1, 0.15) is 25.0 Å². The molecule has 0 spiro atoms. The van der Waals surface area contributed by atoms with Crippen molar-refractivity contribution in [2.45, 2.75) is 19.4 Å². The summed E-state index contributed by atoms with van der Waals surface area (Å²) in [7, 11) is 3.54. The molecule has 96 valence electrons. The summed E-state index contributed by atoms with van der Waals surface area (Å²) in [5, 5.41) is 18.7. The van der Waals surface area contributed by atoms with Crippen LogP contribution < -0.4 is 9.64 Å². The molecule has 0 aliphatic carbocycles. The fourth-order valence-corrected chi connectivity index (χ4v) is 1.89. The smallest absolute Gasteiger partial charge is 0.126 e. The summed E-state index contributed by atoms with van der Waals surface area (Å²) >= 11 is 0. The molecule has 0 heterocycles. The SMILES string of the molecule is COc1cccc(N(C)CCCO)c1C(C)O. The van der Waals surface area contributed by atoms with Crippen molar-refractivity contribution in [2.24, 2.45) is 0 Å². The minimum atomic E-state index is -0.585. The monoisotopic (exact) mass is 239 g/mol. The van der Waals surface area contributed by atoms with Crippen LogP contribution in [-0.2, 0) is 0 Å². The van der Waals surface area contributed by atoms with Crippen molar-refractivity contribution in [1.82, 2.24) is 0 Å². The minimum Gasteiger partial charge on any atom is -0.496 e. The Morgan fingerprint density at radius 3 is 2.65 bits per heavy atom. The Kier molecular flexibility index (Phi) is 5.25. The van der Waals surface area contributed by atoms with Gasteiger partial charge in [-0.25, -0.2) is 0 Å². The lowest BCUT2D eigenvalue weighted by atomic mass is 10.1. The van der Waals surface area contributed by atoms with E-state index in [2.05, 4.69) is 0 Å². The number of benzene rings is 1. The minimum absolute atomic E-state index is 0.165. The van der Waals surface area contributed by atoms with Crippen LogP contribution >= 0.6 is 0 Å². The molecule has 1 aromatic carbocycles. The summed E-state index contributed by atoms with van der Waals surface area (Å²) in [5.74, 6) is 0.688. The number of nitrogens with zero attached hydrogens (tertiary/aromatic N) is 1. The van der Waals surface area contributed by atoms with Gasteiger partial charge in [0.15, 0.2) is 0 Å². The number of aliphatic hydroxyl groups is 2. The molecule has 0 radical (unpaired) electrons. The Bertz CT molecular complexity index is 353. The van der Waals surface area contributed by atoms with Gasteiger partial charge in [-0.05, 0) is 25.5 Å². The third-order valence-corrected chi connectivity index (χ3v) is 2.74. The lowest BCUT2D eigenvalue weighted by molar-refractivity contribution is 0.194. The normalized spacial score (nSPS) is 12.3. The summed E-state index contributed by atoms with van der Waals surface area (Å²) in [6.45, 7) is 2.63. The van der Waals surface area contributed by atoms with E-state index in [1.807, 2.05) is 30.1 Å². The molecule has 0 aliphatic heterocycles. The summed E-state index contributed by atoms with van der Waals surface area (Å²) in [5.41, 5.74) is 1.73.